The van der Waals surface area contributed by atoms with Crippen molar-refractivity contribution in [3.8, 4) is 0 Å². The van der Waals surface area contributed by atoms with Gasteiger partial charge in [-0.2, -0.15) is 0 Å². The van der Waals surface area contributed by atoms with Crippen LogP contribution in [0.15, 0.2) is 24.3 Å². The second-order valence-corrected chi connectivity index (χ2v) is 3.57. The van der Waals surface area contributed by atoms with Crippen molar-refractivity contribution in [1.82, 2.24) is 5.32 Å². The van der Waals surface area contributed by atoms with Crippen molar-refractivity contribution in [1.29, 1.82) is 0 Å². The molecule has 0 aromatic heterocycles. The molecule has 0 bridgehead atoms. The Morgan fingerprint density at radius 1 is 1.23 bits per heavy atom. The number of anilines is 1. The van der Waals surface area contributed by atoms with Crippen molar-refractivity contribution in [3.63, 3.8) is 0 Å². The lowest BCUT2D eigenvalue weighted by atomic mass is 10.2. The van der Waals surface area contributed by atoms with Gasteiger partial charge >= 0.3 is 0 Å². The van der Waals surface area contributed by atoms with Crippen LogP contribution >= 0.6 is 11.6 Å². The third-order valence-corrected chi connectivity index (χ3v) is 2.46. The summed E-state index contributed by atoms with van der Waals surface area (Å²) in [6, 6.07) is 7.99. The van der Waals surface area contributed by atoms with Gasteiger partial charge in [0.15, 0.2) is 0 Å². The number of piperazine rings is 1. The highest BCUT2D eigenvalue weighted by molar-refractivity contribution is 6.30. The molecular formula is C10H12ClN2. The van der Waals surface area contributed by atoms with Crippen molar-refractivity contribution in [2.24, 2.45) is 0 Å². The second kappa shape index (κ2) is 3.99. The summed E-state index contributed by atoms with van der Waals surface area (Å²) in [5, 5.41) is 5.11. The molecule has 3 heteroatoms. The zero-order valence-electron chi connectivity index (χ0n) is 7.41. The van der Waals surface area contributed by atoms with E-state index in [0.717, 1.165) is 31.2 Å². The fraction of sp³-hybridized carbons (Fsp3) is 0.400. The minimum atomic E-state index is 0.806. The Kier molecular flexibility index (Phi) is 2.71. The number of hydrogen-bond donors (Lipinski definition) is 0. The number of halogens is 1. The lowest BCUT2D eigenvalue weighted by molar-refractivity contribution is 0.579. The van der Waals surface area contributed by atoms with E-state index in [1.54, 1.807) is 0 Å². The Bertz CT molecular complexity index is 282. The lowest BCUT2D eigenvalue weighted by Crippen LogP contribution is -2.40. The Morgan fingerprint density at radius 3 is 2.69 bits per heavy atom. The van der Waals surface area contributed by atoms with Crippen molar-refractivity contribution < 1.29 is 0 Å². The summed E-state index contributed by atoms with van der Waals surface area (Å²) >= 11 is 5.91. The van der Waals surface area contributed by atoms with Gasteiger partial charge in [-0.25, -0.2) is 5.32 Å². The van der Waals surface area contributed by atoms with Gasteiger partial charge in [0, 0.05) is 36.9 Å². The van der Waals surface area contributed by atoms with Crippen LogP contribution in [0.25, 0.3) is 0 Å². The number of rotatable bonds is 1. The molecule has 1 aliphatic rings. The largest absolute Gasteiger partial charge is 0.369 e. The Hall–Kier alpha value is -0.730. The summed E-state index contributed by atoms with van der Waals surface area (Å²) in [6.07, 6.45) is 0. The topological polar surface area (TPSA) is 17.3 Å². The number of benzene rings is 1. The maximum Gasteiger partial charge on any atom is 0.0426 e. The van der Waals surface area contributed by atoms with Gasteiger partial charge in [-0.05, 0) is 18.2 Å². The van der Waals surface area contributed by atoms with Crippen LogP contribution in [0.2, 0.25) is 5.02 Å². The third kappa shape index (κ3) is 2.14. The first-order chi connectivity index (χ1) is 6.36. The standard InChI is InChI=1S/C10H12ClN2/c11-9-2-1-3-10(8-9)13-6-4-12-5-7-13/h1-3,8H,4-7H2. The minimum absolute atomic E-state index is 0.806. The van der Waals surface area contributed by atoms with Gasteiger partial charge in [0.2, 0.25) is 0 Å². The molecule has 1 aromatic rings. The molecule has 69 valence electrons. The first-order valence-corrected chi connectivity index (χ1v) is 4.88. The summed E-state index contributed by atoms with van der Waals surface area (Å²) < 4.78 is 0. The molecule has 0 spiro atoms. The Labute approximate surface area is 83.5 Å². The highest BCUT2D eigenvalue weighted by atomic mass is 35.5. The fourth-order valence-corrected chi connectivity index (χ4v) is 1.72. The third-order valence-electron chi connectivity index (χ3n) is 2.23. The molecule has 0 atom stereocenters. The van der Waals surface area contributed by atoms with Gasteiger partial charge in [0.25, 0.3) is 0 Å². The van der Waals surface area contributed by atoms with Crippen LogP contribution in [-0.4, -0.2) is 26.2 Å². The molecule has 0 amide bonds. The van der Waals surface area contributed by atoms with Gasteiger partial charge in [-0.1, -0.05) is 17.7 Å². The molecule has 0 saturated carbocycles. The van der Waals surface area contributed by atoms with E-state index >= 15 is 0 Å². The molecular weight excluding hydrogens is 184 g/mol. The minimum Gasteiger partial charge on any atom is -0.369 e. The van der Waals surface area contributed by atoms with Crippen LogP contribution in [0, 0.1) is 0 Å². The van der Waals surface area contributed by atoms with E-state index in [1.165, 1.54) is 5.69 Å². The zero-order valence-corrected chi connectivity index (χ0v) is 8.17. The van der Waals surface area contributed by atoms with Crippen molar-refractivity contribution in [2.45, 2.75) is 0 Å². The average molecular weight is 196 g/mol. The summed E-state index contributed by atoms with van der Waals surface area (Å²) in [5.41, 5.74) is 1.21. The van der Waals surface area contributed by atoms with E-state index in [4.69, 9.17) is 11.6 Å². The molecule has 1 fully saturated rings. The fourth-order valence-electron chi connectivity index (χ4n) is 1.54. The van der Waals surface area contributed by atoms with Gasteiger partial charge in [0.1, 0.15) is 0 Å². The SMILES string of the molecule is Clc1cccc(N2CC[N]CC2)c1. The van der Waals surface area contributed by atoms with Gasteiger partial charge in [-0.3, -0.25) is 0 Å². The summed E-state index contributed by atoms with van der Waals surface area (Å²) in [6.45, 7) is 3.90. The highest BCUT2D eigenvalue weighted by Crippen LogP contribution is 2.19. The van der Waals surface area contributed by atoms with Crippen molar-refractivity contribution in [2.75, 3.05) is 31.1 Å². The predicted octanol–water partition coefficient (Wildman–Crippen LogP) is 1.76. The monoisotopic (exact) mass is 195 g/mol. The molecule has 0 aliphatic carbocycles. The summed E-state index contributed by atoms with van der Waals surface area (Å²) in [5.74, 6) is 0. The normalized spacial score (nSPS) is 17.5. The first-order valence-electron chi connectivity index (χ1n) is 4.50. The van der Waals surface area contributed by atoms with Crippen LogP contribution in [-0.2, 0) is 0 Å². The lowest BCUT2D eigenvalue weighted by Gasteiger charge is -2.28. The Balaban J connectivity index is 2.14. The van der Waals surface area contributed by atoms with E-state index in [0.29, 0.717) is 0 Å². The molecule has 0 N–H and O–H groups in total. The van der Waals surface area contributed by atoms with E-state index in [9.17, 15) is 0 Å². The smallest absolute Gasteiger partial charge is 0.0426 e. The molecule has 1 aliphatic heterocycles. The first kappa shape index (κ1) is 8.85. The summed E-state index contributed by atoms with van der Waals surface area (Å²) in [7, 11) is 0. The number of nitrogens with zero attached hydrogens (tertiary/aromatic N) is 2. The van der Waals surface area contributed by atoms with Crippen molar-refractivity contribution >= 4 is 17.3 Å². The molecule has 2 rings (SSSR count). The average Bonchev–Trinajstić information content (AvgIpc) is 2.19. The van der Waals surface area contributed by atoms with Crippen LogP contribution < -0.4 is 10.2 Å². The van der Waals surface area contributed by atoms with Gasteiger partial charge in [0.05, 0.1) is 0 Å². The van der Waals surface area contributed by atoms with E-state index in [1.807, 2.05) is 18.2 Å². The number of hydrogen-bond acceptors (Lipinski definition) is 1. The zero-order chi connectivity index (χ0) is 9.10. The molecule has 1 heterocycles. The maximum absolute atomic E-state index is 5.91. The van der Waals surface area contributed by atoms with Crippen LogP contribution in [0.5, 0.6) is 0 Å². The van der Waals surface area contributed by atoms with Crippen LogP contribution in [0.4, 0.5) is 5.69 Å². The molecule has 1 aromatic carbocycles. The second-order valence-electron chi connectivity index (χ2n) is 3.14. The molecule has 2 nitrogen and oxygen atoms in total. The summed E-state index contributed by atoms with van der Waals surface area (Å²) in [4.78, 5) is 2.32. The molecule has 1 radical (unpaired) electrons. The van der Waals surface area contributed by atoms with Gasteiger partial charge in [-0.15, -0.1) is 0 Å². The van der Waals surface area contributed by atoms with E-state index < -0.39 is 0 Å². The quantitative estimate of drug-likeness (QED) is 0.668. The van der Waals surface area contributed by atoms with Crippen LogP contribution in [0.1, 0.15) is 0 Å². The molecule has 1 saturated heterocycles. The van der Waals surface area contributed by atoms with Crippen molar-refractivity contribution in [3.05, 3.63) is 29.3 Å². The van der Waals surface area contributed by atoms with Gasteiger partial charge < -0.3 is 4.90 Å². The maximum atomic E-state index is 5.91. The van der Waals surface area contributed by atoms with E-state index in [2.05, 4.69) is 16.3 Å². The molecule has 0 unspecified atom stereocenters. The van der Waals surface area contributed by atoms with E-state index in [-0.39, 0.29) is 0 Å². The molecule has 13 heavy (non-hydrogen) atoms. The van der Waals surface area contributed by atoms with Crippen LogP contribution in [0.3, 0.4) is 0 Å². The Morgan fingerprint density at radius 2 is 2.00 bits per heavy atom. The predicted molar refractivity (Wildman–Crippen MR) is 55.5 cm³/mol. The highest BCUT2D eigenvalue weighted by Gasteiger charge is 2.10.